The summed E-state index contributed by atoms with van der Waals surface area (Å²) >= 11 is 0. The van der Waals surface area contributed by atoms with E-state index in [0.29, 0.717) is 11.4 Å². The predicted octanol–water partition coefficient (Wildman–Crippen LogP) is 2.41. The monoisotopic (exact) mass is 365 g/mol. The molecule has 27 heavy (non-hydrogen) atoms. The second-order valence-electron chi connectivity index (χ2n) is 5.85. The van der Waals surface area contributed by atoms with Crippen molar-refractivity contribution in [3.05, 3.63) is 66.0 Å². The Bertz CT molecular complexity index is 953. The van der Waals surface area contributed by atoms with Gasteiger partial charge in [0, 0.05) is 18.5 Å². The number of methoxy groups -OCH3 is 1. The summed E-state index contributed by atoms with van der Waals surface area (Å²) < 4.78 is 6.33. The van der Waals surface area contributed by atoms with Crippen molar-refractivity contribution in [2.75, 3.05) is 24.4 Å². The van der Waals surface area contributed by atoms with Gasteiger partial charge in [-0.1, -0.05) is 23.4 Å². The van der Waals surface area contributed by atoms with Gasteiger partial charge in [-0.2, -0.15) is 0 Å². The predicted molar refractivity (Wildman–Crippen MR) is 101 cm³/mol. The van der Waals surface area contributed by atoms with Crippen molar-refractivity contribution >= 4 is 23.2 Å². The molecule has 2 N–H and O–H groups in total. The first-order valence-corrected chi connectivity index (χ1v) is 8.25. The molecule has 2 aromatic carbocycles. The van der Waals surface area contributed by atoms with Crippen LogP contribution in [0.4, 0.5) is 11.4 Å². The first kappa shape index (κ1) is 18.3. The molecule has 0 atom stereocenters. The first-order chi connectivity index (χ1) is 13.1. The van der Waals surface area contributed by atoms with Crippen molar-refractivity contribution in [3.63, 3.8) is 0 Å². The summed E-state index contributed by atoms with van der Waals surface area (Å²) in [6.45, 7) is 1.82. The molecule has 1 heterocycles. The Labute approximate surface area is 156 Å². The molecule has 8 nitrogen and oxygen atoms in total. The zero-order valence-corrected chi connectivity index (χ0v) is 15.0. The Balaban J connectivity index is 1.68. The minimum atomic E-state index is -0.368. The third kappa shape index (κ3) is 4.56. The van der Waals surface area contributed by atoms with Crippen LogP contribution in [0.15, 0.2) is 54.7 Å². The Kier molecular flexibility index (Phi) is 5.58. The van der Waals surface area contributed by atoms with Crippen LogP contribution in [0.5, 0.6) is 0 Å². The molecule has 2 amide bonds. The van der Waals surface area contributed by atoms with Crippen LogP contribution < -0.4 is 10.6 Å². The zero-order chi connectivity index (χ0) is 19.2. The lowest BCUT2D eigenvalue weighted by Gasteiger charge is -2.10. The smallest absolute Gasteiger partial charge is 0.277 e. The fourth-order valence-corrected chi connectivity index (χ4v) is 2.47. The van der Waals surface area contributed by atoms with Gasteiger partial charge in [0.15, 0.2) is 5.69 Å². The summed E-state index contributed by atoms with van der Waals surface area (Å²) in [5, 5.41) is 13.4. The lowest BCUT2D eigenvalue weighted by Crippen LogP contribution is -2.18. The summed E-state index contributed by atoms with van der Waals surface area (Å²) in [7, 11) is 1.46. The minimum absolute atomic E-state index is 0.0188. The standard InChI is InChI=1S/C19H19N5O3/c1-13-10-14(8-9-16(13)21-18(25)12-27-2)20-19(26)17-11-24(23-22-17)15-6-4-3-5-7-15/h3-11H,12H2,1-2H3,(H,20,26)(H,21,25). The van der Waals surface area contributed by atoms with Crippen molar-refractivity contribution in [3.8, 4) is 5.69 Å². The van der Waals surface area contributed by atoms with E-state index in [0.717, 1.165) is 11.3 Å². The van der Waals surface area contributed by atoms with Gasteiger partial charge in [0.1, 0.15) is 6.61 Å². The number of ether oxygens (including phenoxy) is 1. The van der Waals surface area contributed by atoms with Gasteiger partial charge < -0.3 is 15.4 Å². The van der Waals surface area contributed by atoms with Gasteiger partial charge in [0.2, 0.25) is 5.91 Å². The highest BCUT2D eigenvalue weighted by molar-refractivity contribution is 6.03. The number of anilines is 2. The van der Waals surface area contributed by atoms with Crippen molar-refractivity contribution in [1.82, 2.24) is 15.0 Å². The molecule has 0 spiro atoms. The van der Waals surface area contributed by atoms with E-state index in [4.69, 9.17) is 4.74 Å². The second-order valence-corrected chi connectivity index (χ2v) is 5.85. The molecular formula is C19H19N5O3. The highest BCUT2D eigenvalue weighted by Gasteiger charge is 2.13. The Hall–Kier alpha value is -3.52. The molecule has 0 bridgehead atoms. The van der Waals surface area contributed by atoms with E-state index in [1.165, 1.54) is 11.8 Å². The molecule has 0 aliphatic heterocycles. The van der Waals surface area contributed by atoms with Gasteiger partial charge >= 0.3 is 0 Å². The number of amides is 2. The second kappa shape index (κ2) is 8.24. The lowest BCUT2D eigenvalue weighted by atomic mass is 10.1. The van der Waals surface area contributed by atoms with Crippen molar-refractivity contribution in [1.29, 1.82) is 0 Å². The van der Waals surface area contributed by atoms with Gasteiger partial charge in [-0.05, 0) is 42.8 Å². The molecule has 3 aromatic rings. The van der Waals surface area contributed by atoms with Crippen LogP contribution in [0.1, 0.15) is 16.1 Å². The third-order valence-corrected chi connectivity index (χ3v) is 3.78. The summed E-state index contributed by atoms with van der Waals surface area (Å²) in [4.78, 5) is 24.0. The lowest BCUT2D eigenvalue weighted by molar-refractivity contribution is -0.119. The number of para-hydroxylation sites is 1. The summed E-state index contributed by atoms with van der Waals surface area (Å²) in [5.74, 6) is -0.609. The molecule has 3 rings (SSSR count). The van der Waals surface area contributed by atoms with Crippen LogP contribution in [0.2, 0.25) is 0 Å². The Morgan fingerprint density at radius 3 is 2.59 bits per heavy atom. The van der Waals surface area contributed by atoms with Gasteiger partial charge in [0.25, 0.3) is 5.91 Å². The fraction of sp³-hybridized carbons (Fsp3) is 0.158. The van der Waals surface area contributed by atoms with Gasteiger partial charge in [-0.3, -0.25) is 9.59 Å². The minimum Gasteiger partial charge on any atom is -0.375 e. The maximum Gasteiger partial charge on any atom is 0.277 e. The molecule has 1 aromatic heterocycles. The number of hydrogen-bond donors (Lipinski definition) is 2. The number of aryl methyl sites for hydroxylation is 1. The number of nitrogens with zero attached hydrogens (tertiary/aromatic N) is 3. The van der Waals surface area contributed by atoms with E-state index in [1.807, 2.05) is 37.3 Å². The van der Waals surface area contributed by atoms with Crippen molar-refractivity contribution in [2.45, 2.75) is 6.92 Å². The molecular weight excluding hydrogens is 346 g/mol. The molecule has 0 saturated carbocycles. The quantitative estimate of drug-likeness (QED) is 0.699. The van der Waals surface area contributed by atoms with Crippen LogP contribution in [0.3, 0.4) is 0 Å². The Morgan fingerprint density at radius 1 is 1.11 bits per heavy atom. The molecule has 0 fully saturated rings. The summed E-state index contributed by atoms with van der Waals surface area (Å²) in [5.41, 5.74) is 3.08. The number of carbonyl (C=O) groups is 2. The van der Waals surface area contributed by atoms with E-state index in [2.05, 4.69) is 20.9 Å². The van der Waals surface area contributed by atoms with E-state index >= 15 is 0 Å². The highest BCUT2D eigenvalue weighted by Crippen LogP contribution is 2.20. The van der Waals surface area contributed by atoms with E-state index in [1.54, 1.807) is 24.4 Å². The largest absolute Gasteiger partial charge is 0.375 e. The number of carbonyl (C=O) groups excluding carboxylic acids is 2. The molecule has 0 radical (unpaired) electrons. The van der Waals surface area contributed by atoms with E-state index in [-0.39, 0.29) is 24.1 Å². The molecule has 0 unspecified atom stereocenters. The average Bonchev–Trinajstić information content (AvgIpc) is 3.15. The number of hydrogen-bond acceptors (Lipinski definition) is 5. The van der Waals surface area contributed by atoms with Gasteiger partial charge in [-0.15, -0.1) is 5.10 Å². The first-order valence-electron chi connectivity index (χ1n) is 8.25. The molecule has 0 aliphatic carbocycles. The van der Waals surface area contributed by atoms with Crippen LogP contribution in [-0.4, -0.2) is 40.5 Å². The third-order valence-electron chi connectivity index (χ3n) is 3.78. The zero-order valence-electron chi connectivity index (χ0n) is 15.0. The van der Waals surface area contributed by atoms with Gasteiger partial charge in [-0.25, -0.2) is 4.68 Å². The van der Waals surface area contributed by atoms with Gasteiger partial charge in [0.05, 0.1) is 11.9 Å². The summed E-state index contributed by atoms with van der Waals surface area (Å²) in [6.07, 6.45) is 1.57. The summed E-state index contributed by atoms with van der Waals surface area (Å²) in [6, 6.07) is 14.6. The normalized spacial score (nSPS) is 10.4. The highest BCUT2D eigenvalue weighted by atomic mass is 16.5. The topological polar surface area (TPSA) is 98.1 Å². The number of nitrogens with one attached hydrogen (secondary N) is 2. The maximum atomic E-state index is 12.4. The van der Waals surface area contributed by atoms with Crippen LogP contribution in [-0.2, 0) is 9.53 Å². The molecule has 8 heteroatoms. The van der Waals surface area contributed by atoms with Crippen LogP contribution in [0, 0.1) is 6.92 Å². The maximum absolute atomic E-state index is 12.4. The van der Waals surface area contributed by atoms with Crippen LogP contribution >= 0.6 is 0 Å². The molecule has 0 aliphatic rings. The fourth-order valence-electron chi connectivity index (χ4n) is 2.47. The number of benzene rings is 2. The molecule has 0 saturated heterocycles. The number of aromatic nitrogens is 3. The molecule has 138 valence electrons. The van der Waals surface area contributed by atoms with Crippen LogP contribution in [0.25, 0.3) is 5.69 Å². The number of rotatable bonds is 6. The van der Waals surface area contributed by atoms with Crippen molar-refractivity contribution < 1.29 is 14.3 Å². The average molecular weight is 365 g/mol. The van der Waals surface area contributed by atoms with E-state index < -0.39 is 0 Å². The Morgan fingerprint density at radius 2 is 1.89 bits per heavy atom. The van der Waals surface area contributed by atoms with E-state index in [9.17, 15) is 9.59 Å². The SMILES string of the molecule is COCC(=O)Nc1ccc(NC(=O)c2cn(-c3ccccc3)nn2)cc1C. The van der Waals surface area contributed by atoms with Crippen molar-refractivity contribution in [2.24, 2.45) is 0 Å².